The van der Waals surface area contributed by atoms with Crippen LogP contribution >= 0.6 is 0 Å². The maximum Gasteiger partial charge on any atom is 0.306 e. The number of ether oxygens (including phenoxy) is 3. The van der Waals surface area contributed by atoms with Gasteiger partial charge in [0.05, 0.1) is 0 Å². The Morgan fingerprint density at radius 3 is 0.877 bits per heavy atom. The van der Waals surface area contributed by atoms with E-state index in [-0.39, 0.29) is 31.1 Å². The minimum absolute atomic E-state index is 0.0701. The molecule has 6 nitrogen and oxygen atoms in total. The van der Waals surface area contributed by atoms with E-state index in [1.54, 1.807) is 0 Å². The van der Waals surface area contributed by atoms with Gasteiger partial charge in [-0.2, -0.15) is 0 Å². The minimum Gasteiger partial charge on any atom is -0.462 e. The third-order valence-corrected chi connectivity index (χ3v) is 13.0. The van der Waals surface area contributed by atoms with Crippen molar-refractivity contribution < 1.29 is 28.6 Å². The molecule has 0 aliphatic carbocycles. The normalized spacial score (nSPS) is 12.1. The van der Waals surface area contributed by atoms with Crippen molar-refractivity contribution in [3.8, 4) is 0 Å². The molecule has 0 bridgehead atoms. The number of rotatable bonds is 53. The van der Waals surface area contributed by atoms with Gasteiger partial charge in [0.2, 0.25) is 0 Å². The molecule has 0 amide bonds. The van der Waals surface area contributed by atoms with E-state index in [1.807, 2.05) is 0 Å². The summed E-state index contributed by atoms with van der Waals surface area (Å²) < 4.78 is 16.9. The molecule has 0 unspecified atom stereocenters. The molecule has 0 rings (SSSR count). The van der Waals surface area contributed by atoms with Crippen molar-refractivity contribution in [2.24, 2.45) is 0 Å². The van der Waals surface area contributed by atoms with Gasteiger partial charge >= 0.3 is 17.9 Å². The smallest absolute Gasteiger partial charge is 0.306 e. The lowest BCUT2D eigenvalue weighted by molar-refractivity contribution is -0.167. The molecule has 0 aromatic rings. The van der Waals surface area contributed by atoms with Crippen LogP contribution in [0.5, 0.6) is 0 Å². The first kappa shape index (κ1) is 62.9. The van der Waals surface area contributed by atoms with Crippen LogP contribution in [0.1, 0.15) is 316 Å². The molecule has 0 aromatic heterocycles. The summed E-state index contributed by atoms with van der Waals surface area (Å²) >= 11 is 0. The van der Waals surface area contributed by atoms with E-state index in [0.717, 1.165) is 77.0 Å². The zero-order valence-corrected chi connectivity index (χ0v) is 43.8. The van der Waals surface area contributed by atoms with E-state index in [2.05, 4.69) is 45.1 Å². The van der Waals surface area contributed by atoms with Crippen LogP contribution in [0.3, 0.4) is 0 Å². The number of esters is 3. The molecule has 6 heteroatoms. The molecule has 0 spiro atoms. The molecule has 0 aliphatic rings. The molecule has 0 saturated heterocycles. The van der Waals surface area contributed by atoms with Crippen molar-refractivity contribution in [1.29, 1.82) is 0 Å². The van der Waals surface area contributed by atoms with Gasteiger partial charge in [-0.05, 0) is 51.4 Å². The van der Waals surface area contributed by atoms with Crippen LogP contribution in [0.2, 0.25) is 0 Å². The second-order valence-electron chi connectivity index (χ2n) is 19.6. The fraction of sp³-hybridized carbons (Fsp3) is 0.881. The van der Waals surface area contributed by atoms with Crippen molar-refractivity contribution >= 4 is 17.9 Å². The van der Waals surface area contributed by atoms with Gasteiger partial charge in [-0.25, -0.2) is 0 Å². The van der Waals surface area contributed by atoms with E-state index in [9.17, 15) is 14.4 Å². The molecule has 0 fully saturated rings. The second-order valence-corrected chi connectivity index (χ2v) is 19.6. The van der Waals surface area contributed by atoms with E-state index in [0.29, 0.717) is 19.3 Å². The molecular formula is C59H110O6. The lowest BCUT2D eigenvalue weighted by Gasteiger charge is -2.18. The summed E-state index contributed by atoms with van der Waals surface area (Å²) in [6.07, 6.45) is 63.0. The first-order chi connectivity index (χ1) is 32.0. The largest absolute Gasteiger partial charge is 0.462 e. The fourth-order valence-electron chi connectivity index (χ4n) is 8.59. The Hall–Kier alpha value is -2.11. The Morgan fingerprint density at radius 2 is 0.554 bits per heavy atom. The summed E-state index contributed by atoms with van der Waals surface area (Å²) in [4.78, 5) is 38.1. The molecule has 382 valence electrons. The zero-order chi connectivity index (χ0) is 47.2. The Balaban J connectivity index is 4.34. The Morgan fingerprint density at radius 1 is 0.308 bits per heavy atom. The van der Waals surface area contributed by atoms with Gasteiger partial charge in [-0.3, -0.25) is 14.4 Å². The van der Waals surface area contributed by atoms with Crippen LogP contribution in [0.15, 0.2) is 24.3 Å². The zero-order valence-electron chi connectivity index (χ0n) is 43.8. The predicted molar refractivity (Wildman–Crippen MR) is 279 cm³/mol. The van der Waals surface area contributed by atoms with Crippen molar-refractivity contribution in [3.05, 3.63) is 24.3 Å². The average molecular weight is 916 g/mol. The van der Waals surface area contributed by atoms with Crippen molar-refractivity contribution in [1.82, 2.24) is 0 Å². The molecule has 0 heterocycles. The standard InChI is InChI=1S/C59H110O6/c1-4-7-10-13-16-19-22-25-28-31-34-37-40-43-46-49-52-58(61)64-55-56(54-63-57(60)51-48-45-42-39-36-33-30-27-24-21-18-15-12-9-6-3)65-59(62)53-50-47-44-41-38-35-32-29-26-23-20-17-14-11-8-5-2/h18,21,27,30,56H,4-17,19-20,22-26,28-29,31-55H2,1-3H3/b21-18+,30-27+/t56-/m1/s1. The summed E-state index contributed by atoms with van der Waals surface area (Å²) in [5.41, 5.74) is 0. The number of allylic oxidation sites excluding steroid dienone is 4. The molecule has 0 radical (unpaired) electrons. The maximum absolute atomic E-state index is 12.8. The monoisotopic (exact) mass is 915 g/mol. The van der Waals surface area contributed by atoms with Gasteiger partial charge in [-0.1, -0.05) is 270 Å². The summed E-state index contributed by atoms with van der Waals surface area (Å²) in [5, 5.41) is 0. The van der Waals surface area contributed by atoms with Gasteiger partial charge < -0.3 is 14.2 Å². The number of carbonyl (C=O) groups is 3. The molecule has 0 aromatic carbocycles. The first-order valence-corrected chi connectivity index (χ1v) is 28.8. The lowest BCUT2D eigenvalue weighted by atomic mass is 10.0. The van der Waals surface area contributed by atoms with Crippen LogP contribution in [-0.4, -0.2) is 37.2 Å². The van der Waals surface area contributed by atoms with E-state index in [4.69, 9.17) is 14.2 Å². The fourth-order valence-corrected chi connectivity index (χ4v) is 8.59. The number of hydrogen-bond acceptors (Lipinski definition) is 6. The Kier molecular flexibility index (Phi) is 52.7. The first-order valence-electron chi connectivity index (χ1n) is 28.8. The highest BCUT2D eigenvalue weighted by Gasteiger charge is 2.19. The Bertz CT molecular complexity index is 1050. The van der Waals surface area contributed by atoms with Crippen LogP contribution < -0.4 is 0 Å². The minimum atomic E-state index is -0.771. The Labute approximate surface area is 404 Å². The van der Waals surface area contributed by atoms with Gasteiger partial charge in [-0.15, -0.1) is 0 Å². The van der Waals surface area contributed by atoms with Crippen LogP contribution in [-0.2, 0) is 28.6 Å². The van der Waals surface area contributed by atoms with Crippen molar-refractivity contribution in [2.75, 3.05) is 13.2 Å². The van der Waals surface area contributed by atoms with Gasteiger partial charge in [0.1, 0.15) is 13.2 Å². The summed E-state index contributed by atoms with van der Waals surface area (Å²) in [6, 6.07) is 0. The highest BCUT2D eigenvalue weighted by Crippen LogP contribution is 2.17. The molecular weight excluding hydrogens is 805 g/mol. The summed E-state index contributed by atoms with van der Waals surface area (Å²) in [6.45, 7) is 6.65. The van der Waals surface area contributed by atoms with Crippen LogP contribution in [0, 0.1) is 0 Å². The predicted octanol–water partition coefficient (Wildman–Crippen LogP) is 19.1. The topological polar surface area (TPSA) is 78.9 Å². The van der Waals surface area contributed by atoms with Gasteiger partial charge in [0, 0.05) is 19.3 Å². The summed E-state index contributed by atoms with van der Waals surface area (Å²) in [5.74, 6) is -0.862. The maximum atomic E-state index is 12.8. The third-order valence-electron chi connectivity index (χ3n) is 13.0. The number of hydrogen-bond donors (Lipinski definition) is 0. The van der Waals surface area contributed by atoms with Gasteiger partial charge in [0.25, 0.3) is 0 Å². The molecule has 65 heavy (non-hydrogen) atoms. The third kappa shape index (κ3) is 52.7. The van der Waals surface area contributed by atoms with E-state index >= 15 is 0 Å². The van der Waals surface area contributed by atoms with Crippen molar-refractivity contribution in [3.63, 3.8) is 0 Å². The van der Waals surface area contributed by atoms with Crippen LogP contribution in [0.4, 0.5) is 0 Å². The van der Waals surface area contributed by atoms with E-state index in [1.165, 1.54) is 199 Å². The number of unbranched alkanes of at least 4 members (excludes halogenated alkanes) is 38. The summed E-state index contributed by atoms with van der Waals surface area (Å²) in [7, 11) is 0. The van der Waals surface area contributed by atoms with E-state index < -0.39 is 6.10 Å². The highest BCUT2D eigenvalue weighted by atomic mass is 16.6. The number of carbonyl (C=O) groups excluding carboxylic acids is 3. The lowest BCUT2D eigenvalue weighted by Crippen LogP contribution is -2.30. The van der Waals surface area contributed by atoms with Gasteiger partial charge in [0.15, 0.2) is 6.10 Å². The average Bonchev–Trinajstić information content (AvgIpc) is 3.30. The SMILES string of the molecule is CCCCC/C=C/C/C=C/CCCCCCCC(=O)OC[C@H](COC(=O)CCCCCCCCCCCCCCCCCC)OC(=O)CCCCCCCCCCCCCCCCCC. The van der Waals surface area contributed by atoms with Crippen LogP contribution in [0.25, 0.3) is 0 Å². The molecule has 1 atom stereocenters. The molecule has 0 saturated carbocycles. The molecule has 0 N–H and O–H groups in total. The quantitative estimate of drug-likeness (QED) is 0.0262. The second kappa shape index (κ2) is 54.5. The highest BCUT2D eigenvalue weighted by molar-refractivity contribution is 5.71. The molecule has 0 aliphatic heterocycles. The van der Waals surface area contributed by atoms with Crippen molar-refractivity contribution in [2.45, 2.75) is 322 Å².